The van der Waals surface area contributed by atoms with Gasteiger partial charge in [0.2, 0.25) is 0 Å². The molecular weight excluding hydrogens is 363 g/mol. The number of aromatic nitrogens is 2. The molecular formula is C17H14Cl2N4O2. The first-order valence-corrected chi connectivity index (χ1v) is 8.45. The Morgan fingerprint density at radius 1 is 1.28 bits per heavy atom. The lowest BCUT2D eigenvalue weighted by atomic mass is 10.1. The Hall–Kier alpha value is -2.44. The Morgan fingerprint density at radius 2 is 2.00 bits per heavy atom. The summed E-state index contributed by atoms with van der Waals surface area (Å²) in [5, 5.41) is 0.747. The lowest BCUT2D eigenvalue weighted by Gasteiger charge is -2.27. The summed E-state index contributed by atoms with van der Waals surface area (Å²) in [6, 6.07) is 7.25. The number of H-pyrrole nitrogens is 1. The van der Waals surface area contributed by atoms with Crippen molar-refractivity contribution in [1.29, 1.82) is 0 Å². The number of cyclic esters (lactones) is 1. The minimum Gasteiger partial charge on any atom is -0.444 e. The summed E-state index contributed by atoms with van der Waals surface area (Å²) < 4.78 is 5.20. The molecule has 0 saturated heterocycles. The molecule has 1 aliphatic rings. The summed E-state index contributed by atoms with van der Waals surface area (Å²) in [6.07, 6.45) is -0.345. The number of hydrogen-bond acceptors (Lipinski definition) is 4. The number of aromatic amines is 1. The van der Waals surface area contributed by atoms with E-state index in [1.807, 2.05) is 19.1 Å². The fourth-order valence-electron chi connectivity index (χ4n) is 2.93. The molecule has 1 amide bonds. The number of nitrogens with zero attached hydrogens (tertiary/aromatic N) is 2. The molecule has 0 radical (unpaired) electrons. The van der Waals surface area contributed by atoms with Gasteiger partial charge in [-0.15, -0.1) is 0 Å². The maximum absolute atomic E-state index is 11.9. The highest BCUT2D eigenvalue weighted by Crippen LogP contribution is 2.35. The van der Waals surface area contributed by atoms with Crippen LogP contribution in [-0.2, 0) is 11.3 Å². The number of fused-ring (bicyclic) bond motifs is 2. The van der Waals surface area contributed by atoms with Crippen molar-refractivity contribution < 1.29 is 9.53 Å². The van der Waals surface area contributed by atoms with Crippen molar-refractivity contribution in [3.63, 3.8) is 0 Å². The monoisotopic (exact) mass is 376 g/mol. The van der Waals surface area contributed by atoms with Crippen molar-refractivity contribution in [1.82, 2.24) is 9.97 Å². The Balaban J connectivity index is 1.85. The van der Waals surface area contributed by atoms with Gasteiger partial charge in [0.1, 0.15) is 12.4 Å². The van der Waals surface area contributed by atoms with Crippen molar-refractivity contribution in [2.45, 2.75) is 13.5 Å². The third kappa shape index (κ3) is 2.58. The fourth-order valence-corrected chi connectivity index (χ4v) is 3.42. The minimum atomic E-state index is -0.345. The number of nitrogens with one attached hydrogen (secondary N) is 1. The molecule has 4 rings (SSSR count). The van der Waals surface area contributed by atoms with E-state index in [0.29, 0.717) is 28.1 Å². The lowest BCUT2D eigenvalue weighted by molar-refractivity contribution is 0.142. The van der Waals surface area contributed by atoms with E-state index >= 15 is 0 Å². The molecule has 0 atom stereocenters. The first-order chi connectivity index (χ1) is 12.0. The summed E-state index contributed by atoms with van der Waals surface area (Å²) in [5.41, 5.74) is 10.2. The van der Waals surface area contributed by atoms with Crippen LogP contribution in [0.5, 0.6) is 0 Å². The van der Waals surface area contributed by atoms with Crippen LogP contribution in [0.2, 0.25) is 10.0 Å². The van der Waals surface area contributed by atoms with E-state index in [4.69, 9.17) is 33.7 Å². The van der Waals surface area contributed by atoms with E-state index in [0.717, 1.165) is 27.8 Å². The predicted octanol–water partition coefficient (Wildman–Crippen LogP) is 4.60. The molecule has 0 fully saturated rings. The summed E-state index contributed by atoms with van der Waals surface area (Å²) in [7, 11) is 0. The Kier molecular flexibility index (Phi) is 3.74. The molecule has 1 aromatic heterocycles. The van der Waals surface area contributed by atoms with E-state index in [1.54, 1.807) is 17.0 Å². The number of ether oxygens (including phenoxy) is 1. The van der Waals surface area contributed by atoms with Gasteiger partial charge in [-0.1, -0.05) is 23.2 Å². The first kappa shape index (κ1) is 16.1. The number of halogens is 2. The number of nitrogen functional groups attached to an aromatic ring is 1. The number of rotatable bonds is 2. The quantitative estimate of drug-likeness (QED) is 0.640. The second-order valence-corrected chi connectivity index (χ2v) is 6.55. The van der Waals surface area contributed by atoms with Crippen LogP contribution in [0.25, 0.3) is 22.4 Å². The van der Waals surface area contributed by atoms with E-state index in [-0.39, 0.29) is 12.7 Å². The van der Waals surface area contributed by atoms with E-state index in [2.05, 4.69) is 9.97 Å². The largest absolute Gasteiger partial charge is 0.444 e. The second-order valence-electron chi connectivity index (χ2n) is 5.74. The van der Waals surface area contributed by atoms with Gasteiger partial charge in [-0.05, 0) is 31.2 Å². The van der Waals surface area contributed by atoms with Gasteiger partial charge in [0.15, 0.2) is 0 Å². The van der Waals surface area contributed by atoms with Crippen LogP contribution in [0.1, 0.15) is 12.5 Å². The Morgan fingerprint density at radius 3 is 2.68 bits per heavy atom. The summed E-state index contributed by atoms with van der Waals surface area (Å²) >= 11 is 12.2. The van der Waals surface area contributed by atoms with Gasteiger partial charge in [0.25, 0.3) is 0 Å². The van der Waals surface area contributed by atoms with Gasteiger partial charge in [-0.2, -0.15) is 0 Å². The van der Waals surface area contributed by atoms with Gasteiger partial charge in [-0.3, -0.25) is 4.90 Å². The van der Waals surface area contributed by atoms with Crippen molar-refractivity contribution >= 4 is 51.7 Å². The van der Waals surface area contributed by atoms with Crippen molar-refractivity contribution in [2.24, 2.45) is 0 Å². The van der Waals surface area contributed by atoms with Gasteiger partial charge < -0.3 is 15.5 Å². The maximum Gasteiger partial charge on any atom is 0.414 e. The number of carbonyl (C=O) groups is 1. The molecule has 25 heavy (non-hydrogen) atoms. The van der Waals surface area contributed by atoms with Gasteiger partial charge >= 0.3 is 6.09 Å². The SMILES string of the molecule is CCN1C(=O)OCc2cc3[nH]c(-c4cc(Cl)c(N)c(Cl)c4)nc3cc21. The van der Waals surface area contributed by atoms with Crippen LogP contribution in [0.3, 0.4) is 0 Å². The summed E-state index contributed by atoms with van der Waals surface area (Å²) in [4.78, 5) is 21.3. The standard InChI is InChI=1S/C17H14Cl2N4O2/c1-2-23-14-6-13-12(5-9(14)7-25-17(23)24)21-16(22-13)8-3-10(18)15(20)11(19)4-8/h3-6H,2,7,20H2,1H3,(H,21,22). The molecule has 0 bridgehead atoms. The normalized spacial score (nSPS) is 13.9. The van der Waals surface area contributed by atoms with Gasteiger partial charge in [-0.25, -0.2) is 9.78 Å². The molecule has 1 aliphatic heterocycles. The number of carbonyl (C=O) groups excluding carboxylic acids is 1. The number of nitrogens with two attached hydrogens (primary N) is 1. The number of benzene rings is 2. The molecule has 0 saturated carbocycles. The zero-order valence-corrected chi connectivity index (χ0v) is 14.8. The number of imidazole rings is 1. The van der Waals surface area contributed by atoms with Crippen molar-refractivity contribution in [2.75, 3.05) is 17.2 Å². The number of amides is 1. The van der Waals surface area contributed by atoms with Crippen LogP contribution in [0.15, 0.2) is 24.3 Å². The van der Waals surface area contributed by atoms with Crippen LogP contribution < -0.4 is 10.6 Å². The minimum absolute atomic E-state index is 0.245. The fraction of sp³-hybridized carbons (Fsp3) is 0.176. The number of hydrogen-bond donors (Lipinski definition) is 2. The zero-order chi connectivity index (χ0) is 17.7. The average Bonchev–Trinajstić information content (AvgIpc) is 3.00. The molecule has 6 nitrogen and oxygen atoms in total. The van der Waals surface area contributed by atoms with Crippen molar-refractivity contribution in [3.05, 3.63) is 39.9 Å². The number of anilines is 2. The van der Waals surface area contributed by atoms with Crippen LogP contribution in [0.4, 0.5) is 16.2 Å². The molecule has 0 aliphatic carbocycles. The van der Waals surface area contributed by atoms with E-state index in [9.17, 15) is 4.79 Å². The van der Waals surface area contributed by atoms with E-state index < -0.39 is 0 Å². The molecule has 2 heterocycles. The van der Waals surface area contributed by atoms with Crippen LogP contribution >= 0.6 is 23.2 Å². The Bertz CT molecular complexity index is 992. The molecule has 2 aromatic carbocycles. The molecule has 128 valence electrons. The summed E-state index contributed by atoms with van der Waals surface area (Å²) in [6.45, 7) is 2.67. The zero-order valence-electron chi connectivity index (χ0n) is 13.3. The van der Waals surface area contributed by atoms with Gasteiger partial charge in [0.05, 0.1) is 32.5 Å². The highest BCUT2D eigenvalue weighted by atomic mass is 35.5. The molecule has 0 unspecified atom stereocenters. The van der Waals surface area contributed by atoms with Crippen LogP contribution in [0, 0.1) is 0 Å². The third-order valence-electron chi connectivity index (χ3n) is 4.21. The Labute approximate surface area is 153 Å². The van der Waals surface area contributed by atoms with Gasteiger partial charge in [0, 0.05) is 17.7 Å². The predicted molar refractivity (Wildman–Crippen MR) is 99.2 cm³/mol. The average molecular weight is 377 g/mol. The first-order valence-electron chi connectivity index (χ1n) is 7.69. The maximum atomic E-state index is 11.9. The third-order valence-corrected chi connectivity index (χ3v) is 4.84. The highest BCUT2D eigenvalue weighted by Gasteiger charge is 2.25. The van der Waals surface area contributed by atoms with Crippen molar-refractivity contribution in [3.8, 4) is 11.4 Å². The topological polar surface area (TPSA) is 84.2 Å². The lowest BCUT2D eigenvalue weighted by Crippen LogP contribution is -2.35. The molecule has 0 spiro atoms. The molecule has 8 heteroatoms. The second kappa shape index (κ2) is 5.82. The summed E-state index contributed by atoms with van der Waals surface area (Å²) in [5.74, 6) is 0.622. The van der Waals surface area contributed by atoms with Crippen LogP contribution in [-0.4, -0.2) is 22.6 Å². The van der Waals surface area contributed by atoms with E-state index in [1.165, 1.54) is 0 Å². The molecule has 3 N–H and O–H groups in total. The highest BCUT2D eigenvalue weighted by molar-refractivity contribution is 6.39. The smallest absolute Gasteiger partial charge is 0.414 e. The molecule has 3 aromatic rings.